The second-order valence-electron chi connectivity index (χ2n) is 7.10. The molecule has 1 amide bonds. The number of para-hydroxylation sites is 1. The number of pyridine rings is 1. The van der Waals surface area contributed by atoms with Crippen molar-refractivity contribution in [2.24, 2.45) is 11.8 Å². The molecule has 1 unspecified atom stereocenters. The van der Waals surface area contributed by atoms with E-state index in [2.05, 4.69) is 27.3 Å². The molecule has 0 saturated carbocycles. The fourth-order valence-electron chi connectivity index (χ4n) is 3.19. The molecule has 1 aliphatic heterocycles. The minimum Gasteiger partial charge on any atom is -0.357 e. The zero-order chi connectivity index (χ0) is 20.6. The smallest absolute Gasteiger partial charge is 0.227 e. The van der Waals surface area contributed by atoms with Crippen LogP contribution in [0, 0.1) is 34.5 Å². The van der Waals surface area contributed by atoms with E-state index >= 15 is 0 Å². The average molecular weight is 406 g/mol. The molecule has 1 saturated heterocycles. The van der Waals surface area contributed by atoms with Crippen LogP contribution in [0.4, 0.5) is 11.5 Å². The van der Waals surface area contributed by atoms with Crippen molar-refractivity contribution in [3.63, 3.8) is 0 Å². The van der Waals surface area contributed by atoms with E-state index in [9.17, 15) is 4.79 Å². The summed E-state index contributed by atoms with van der Waals surface area (Å²) in [6.45, 7) is 3.41. The Morgan fingerprint density at radius 1 is 1.28 bits per heavy atom. The summed E-state index contributed by atoms with van der Waals surface area (Å²) in [6.07, 6.45) is 3.10. The lowest BCUT2D eigenvalue weighted by molar-refractivity contribution is -0.120. The van der Waals surface area contributed by atoms with Crippen molar-refractivity contribution in [1.29, 1.82) is 10.5 Å². The molecule has 1 aromatic carbocycles. The third kappa shape index (κ3) is 5.49. The van der Waals surface area contributed by atoms with Gasteiger partial charge in [0.15, 0.2) is 0 Å². The Labute approximate surface area is 175 Å². The van der Waals surface area contributed by atoms with Crippen molar-refractivity contribution in [1.82, 2.24) is 4.98 Å². The standard InChI is InChI=1S/C22H23N5OS/c1-16(12-23)15-29-20-5-3-2-4-19(20)26-22(28)18-8-10-27(11-9-18)21-7-6-17(13-24)14-25-21/h2-7,14,16,18H,8-11,15H2,1H3,(H,26,28). The molecule has 0 bridgehead atoms. The van der Waals surface area contributed by atoms with Crippen LogP contribution in [0.25, 0.3) is 0 Å². The quantitative estimate of drug-likeness (QED) is 0.729. The van der Waals surface area contributed by atoms with Gasteiger partial charge in [-0.3, -0.25) is 4.79 Å². The van der Waals surface area contributed by atoms with E-state index in [0.717, 1.165) is 42.3 Å². The van der Waals surface area contributed by atoms with E-state index in [-0.39, 0.29) is 17.7 Å². The van der Waals surface area contributed by atoms with E-state index in [0.29, 0.717) is 11.3 Å². The van der Waals surface area contributed by atoms with Crippen molar-refractivity contribution in [3.8, 4) is 12.1 Å². The molecule has 2 heterocycles. The van der Waals surface area contributed by atoms with Crippen LogP contribution in [0.2, 0.25) is 0 Å². The highest BCUT2D eigenvalue weighted by Gasteiger charge is 2.26. The third-order valence-corrected chi connectivity index (χ3v) is 6.25. The first kappa shape index (κ1) is 20.7. The molecular weight excluding hydrogens is 382 g/mol. The lowest BCUT2D eigenvalue weighted by Crippen LogP contribution is -2.38. The number of hydrogen-bond donors (Lipinski definition) is 1. The number of carbonyl (C=O) groups is 1. The molecule has 1 N–H and O–H groups in total. The van der Waals surface area contributed by atoms with Crippen molar-refractivity contribution in [2.75, 3.05) is 29.1 Å². The molecule has 1 aromatic heterocycles. The summed E-state index contributed by atoms with van der Waals surface area (Å²) in [5.41, 5.74) is 1.35. The summed E-state index contributed by atoms with van der Waals surface area (Å²) in [5, 5.41) is 20.9. The second kappa shape index (κ2) is 9.95. The number of amides is 1. The van der Waals surface area contributed by atoms with Crippen molar-refractivity contribution in [3.05, 3.63) is 48.2 Å². The van der Waals surface area contributed by atoms with Crippen molar-refractivity contribution < 1.29 is 4.79 Å². The van der Waals surface area contributed by atoms with Gasteiger partial charge in [-0.1, -0.05) is 12.1 Å². The number of nitrogens with zero attached hydrogens (tertiary/aromatic N) is 4. The van der Waals surface area contributed by atoms with Crippen LogP contribution in [0.1, 0.15) is 25.3 Å². The largest absolute Gasteiger partial charge is 0.357 e. The SMILES string of the molecule is CC(C#N)CSc1ccccc1NC(=O)C1CCN(c2ccc(C#N)cn2)CC1. The zero-order valence-electron chi connectivity index (χ0n) is 16.3. The minimum absolute atomic E-state index is 0.0380. The highest BCUT2D eigenvalue weighted by molar-refractivity contribution is 7.99. The Bertz CT molecular complexity index is 923. The molecule has 148 valence electrons. The Balaban J connectivity index is 1.56. The van der Waals surface area contributed by atoms with Crippen LogP contribution in [-0.2, 0) is 4.79 Å². The number of benzene rings is 1. The Kier molecular flexibility index (Phi) is 7.10. The Hall–Kier alpha value is -3.03. The number of carbonyl (C=O) groups excluding carboxylic acids is 1. The first-order chi connectivity index (χ1) is 14.1. The number of nitriles is 2. The molecule has 1 aliphatic rings. The molecule has 6 nitrogen and oxygen atoms in total. The van der Waals surface area contributed by atoms with Gasteiger partial charge in [0.2, 0.25) is 5.91 Å². The summed E-state index contributed by atoms with van der Waals surface area (Å²) in [4.78, 5) is 20.3. The normalized spacial score (nSPS) is 15.2. The molecule has 3 rings (SSSR count). The van der Waals surface area contributed by atoms with Crippen LogP contribution in [0.15, 0.2) is 47.5 Å². The highest BCUT2D eigenvalue weighted by atomic mass is 32.2. The molecule has 0 radical (unpaired) electrons. The Morgan fingerprint density at radius 2 is 2.03 bits per heavy atom. The number of anilines is 2. The van der Waals surface area contributed by atoms with E-state index in [1.807, 2.05) is 37.3 Å². The van der Waals surface area contributed by atoms with Gasteiger partial charge in [0, 0.05) is 35.9 Å². The number of thioether (sulfide) groups is 1. The van der Waals surface area contributed by atoms with Gasteiger partial charge in [-0.05, 0) is 44.0 Å². The monoisotopic (exact) mass is 405 g/mol. The van der Waals surface area contributed by atoms with E-state index in [4.69, 9.17) is 10.5 Å². The number of nitrogens with one attached hydrogen (secondary N) is 1. The van der Waals surface area contributed by atoms with E-state index < -0.39 is 0 Å². The highest BCUT2D eigenvalue weighted by Crippen LogP contribution is 2.30. The maximum absolute atomic E-state index is 12.8. The number of aromatic nitrogens is 1. The molecule has 29 heavy (non-hydrogen) atoms. The average Bonchev–Trinajstić information content (AvgIpc) is 2.78. The van der Waals surface area contributed by atoms with Crippen LogP contribution in [-0.4, -0.2) is 29.7 Å². The van der Waals surface area contributed by atoms with Crippen molar-refractivity contribution >= 4 is 29.2 Å². The maximum atomic E-state index is 12.8. The topological polar surface area (TPSA) is 92.8 Å². The van der Waals surface area contributed by atoms with Gasteiger partial charge in [-0.25, -0.2) is 4.98 Å². The van der Waals surface area contributed by atoms with Gasteiger partial charge in [-0.15, -0.1) is 11.8 Å². The van der Waals surface area contributed by atoms with Gasteiger partial charge in [0.05, 0.1) is 23.2 Å². The first-order valence-corrected chi connectivity index (χ1v) is 10.6. The fourth-order valence-corrected chi connectivity index (χ4v) is 4.15. The number of hydrogen-bond acceptors (Lipinski definition) is 6. The van der Waals surface area contributed by atoms with Gasteiger partial charge < -0.3 is 10.2 Å². The van der Waals surface area contributed by atoms with Gasteiger partial charge in [0.25, 0.3) is 0 Å². The summed E-state index contributed by atoms with van der Waals surface area (Å²) in [5.74, 6) is 1.50. The first-order valence-electron chi connectivity index (χ1n) is 9.64. The van der Waals surface area contributed by atoms with E-state index in [1.54, 1.807) is 24.0 Å². The molecule has 2 aromatic rings. The zero-order valence-corrected chi connectivity index (χ0v) is 17.2. The molecular formula is C22H23N5OS. The van der Waals surface area contributed by atoms with Crippen LogP contribution >= 0.6 is 11.8 Å². The molecule has 1 fully saturated rings. The summed E-state index contributed by atoms with van der Waals surface area (Å²) < 4.78 is 0. The predicted octanol–water partition coefficient (Wildman–Crippen LogP) is 4.06. The van der Waals surface area contributed by atoms with Gasteiger partial charge >= 0.3 is 0 Å². The predicted molar refractivity (Wildman–Crippen MR) is 114 cm³/mol. The minimum atomic E-state index is -0.0410. The lowest BCUT2D eigenvalue weighted by atomic mass is 9.95. The molecule has 0 spiro atoms. The molecule has 1 atom stereocenters. The number of piperidine rings is 1. The van der Waals surface area contributed by atoms with Gasteiger partial charge in [-0.2, -0.15) is 10.5 Å². The van der Waals surface area contributed by atoms with E-state index in [1.165, 1.54) is 0 Å². The number of rotatable bonds is 6. The summed E-state index contributed by atoms with van der Waals surface area (Å²) in [7, 11) is 0. The lowest BCUT2D eigenvalue weighted by Gasteiger charge is -2.32. The van der Waals surface area contributed by atoms with Crippen LogP contribution in [0.3, 0.4) is 0 Å². The Morgan fingerprint density at radius 3 is 2.69 bits per heavy atom. The maximum Gasteiger partial charge on any atom is 0.227 e. The summed E-state index contributed by atoms with van der Waals surface area (Å²) >= 11 is 1.59. The molecule has 0 aliphatic carbocycles. The van der Waals surface area contributed by atoms with Gasteiger partial charge in [0.1, 0.15) is 11.9 Å². The van der Waals surface area contributed by atoms with Crippen molar-refractivity contribution in [2.45, 2.75) is 24.7 Å². The fraction of sp³-hybridized carbons (Fsp3) is 0.364. The molecule has 7 heteroatoms. The van der Waals surface area contributed by atoms with Crippen LogP contribution in [0.5, 0.6) is 0 Å². The summed E-state index contributed by atoms with van der Waals surface area (Å²) in [6, 6.07) is 15.7. The van der Waals surface area contributed by atoms with Crippen LogP contribution < -0.4 is 10.2 Å². The third-order valence-electron chi connectivity index (χ3n) is 4.92. The second-order valence-corrected chi connectivity index (χ2v) is 8.17.